The van der Waals surface area contributed by atoms with Gasteiger partial charge < -0.3 is 10.0 Å². The first-order chi connectivity index (χ1) is 10.1. The number of aliphatic hydroxyl groups is 1. The Morgan fingerprint density at radius 2 is 2.29 bits per heavy atom. The van der Waals surface area contributed by atoms with E-state index in [0.717, 1.165) is 18.4 Å². The number of aryl methyl sites for hydroxylation is 1. The van der Waals surface area contributed by atoms with Gasteiger partial charge in [0.25, 0.3) is 5.91 Å². The molecule has 1 aromatic heterocycles. The summed E-state index contributed by atoms with van der Waals surface area (Å²) in [4.78, 5) is 14.5. The van der Waals surface area contributed by atoms with Crippen LogP contribution in [0.1, 0.15) is 30.1 Å². The minimum atomic E-state index is -0.0937. The molecule has 6 heteroatoms. The third-order valence-corrected chi connectivity index (χ3v) is 4.42. The lowest BCUT2D eigenvalue weighted by atomic mass is 9.90. The first-order valence-electron chi connectivity index (χ1n) is 7.33. The second kappa shape index (κ2) is 5.44. The van der Waals surface area contributed by atoms with E-state index in [1.165, 1.54) is 0 Å². The summed E-state index contributed by atoms with van der Waals surface area (Å²) in [7, 11) is 1.82. The summed E-state index contributed by atoms with van der Waals surface area (Å²) in [6.07, 6.45) is 2.04. The van der Waals surface area contributed by atoms with Crippen LogP contribution in [0.25, 0.3) is 11.0 Å². The van der Waals surface area contributed by atoms with Crippen molar-refractivity contribution in [3.05, 3.63) is 23.8 Å². The number of aliphatic hydroxyl groups excluding tert-OH is 1. The number of hydrogen-bond acceptors (Lipinski definition) is 4. The van der Waals surface area contributed by atoms with E-state index < -0.39 is 0 Å². The monoisotopic (exact) mass is 288 g/mol. The molecule has 1 aliphatic rings. The van der Waals surface area contributed by atoms with Crippen molar-refractivity contribution in [3.63, 3.8) is 0 Å². The molecule has 2 aromatic rings. The fourth-order valence-corrected chi connectivity index (χ4v) is 3.12. The Bertz CT molecular complexity index is 667. The molecule has 1 aromatic carbocycles. The van der Waals surface area contributed by atoms with Crippen molar-refractivity contribution >= 4 is 16.9 Å². The largest absolute Gasteiger partial charge is 0.394 e. The Morgan fingerprint density at radius 3 is 3.05 bits per heavy atom. The van der Waals surface area contributed by atoms with Crippen LogP contribution >= 0.6 is 0 Å². The Hall–Kier alpha value is -1.95. The third kappa shape index (κ3) is 2.40. The number of rotatable bonds is 2. The van der Waals surface area contributed by atoms with Gasteiger partial charge in [0.15, 0.2) is 0 Å². The molecule has 6 nitrogen and oxygen atoms in total. The first kappa shape index (κ1) is 14.0. The Balaban J connectivity index is 1.91. The molecule has 0 radical (unpaired) electrons. The molecule has 21 heavy (non-hydrogen) atoms. The second-order valence-electron chi connectivity index (χ2n) is 5.78. The molecule has 2 unspecified atom stereocenters. The van der Waals surface area contributed by atoms with Gasteiger partial charge in [-0.3, -0.25) is 4.79 Å². The number of fused-ring (bicyclic) bond motifs is 1. The number of likely N-dealkylation sites (tertiary alicyclic amines) is 1. The molecule has 1 aliphatic heterocycles. The average Bonchev–Trinajstić information content (AvgIpc) is 2.87. The number of carbonyl (C=O) groups is 1. The normalized spacial score (nSPS) is 22.7. The van der Waals surface area contributed by atoms with Crippen molar-refractivity contribution in [2.24, 2.45) is 13.0 Å². The predicted octanol–water partition coefficient (Wildman–Crippen LogP) is 1.20. The van der Waals surface area contributed by atoms with Crippen LogP contribution < -0.4 is 0 Å². The smallest absolute Gasteiger partial charge is 0.254 e. The molecule has 1 fully saturated rings. The molecule has 1 saturated heterocycles. The van der Waals surface area contributed by atoms with Gasteiger partial charge in [-0.2, -0.15) is 0 Å². The van der Waals surface area contributed by atoms with Crippen molar-refractivity contribution in [2.75, 3.05) is 13.2 Å². The predicted molar refractivity (Wildman–Crippen MR) is 78.8 cm³/mol. The van der Waals surface area contributed by atoms with Crippen molar-refractivity contribution in [3.8, 4) is 0 Å². The number of nitrogens with zero attached hydrogens (tertiary/aromatic N) is 4. The lowest BCUT2D eigenvalue weighted by Crippen LogP contribution is -2.49. The summed E-state index contributed by atoms with van der Waals surface area (Å²) in [5, 5.41) is 17.6. The SMILES string of the molecule is CC1CCCN(C(=O)c2ccc3c(c2)nnn3C)C1CO. The maximum absolute atomic E-state index is 12.7. The van der Waals surface area contributed by atoms with Gasteiger partial charge in [-0.05, 0) is 37.0 Å². The van der Waals surface area contributed by atoms with Crippen LogP contribution in [0.15, 0.2) is 18.2 Å². The zero-order valence-corrected chi connectivity index (χ0v) is 12.4. The van der Waals surface area contributed by atoms with Gasteiger partial charge in [-0.25, -0.2) is 4.68 Å². The topological polar surface area (TPSA) is 71.2 Å². The molecule has 0 aliphatic carbocycles. The summed E-state index contributed by atoms with van der Waals surface area (Å²) in [5.41, 5.74) is 2.22. The number of piperidine rings is 1. The van der Waals surface area contributed by atoms with E-state index in [9.17, 15) is 9.90 Å². The third-order valence-electron chi connectivity index (χ3n) is 4.42. The van der Waals surface area contributed by atoms with E-state index in [1.54, 1.807) is 15.6 Å². The summed E-state index contributed by atoms with van der Waals surface area (Å²) in [5.74, 6) is 0.293. The van der Waals surface area contributed by atoms with Crippen LogP contribution in [0.4, 0.5) is 0 Å². The number of carbonyl (C=O) groups excluding carboxylic acids is 1. The molecular weight excluding hydrogens is 268 g/mol. The molecule has 0 saturated carbocycles. The molecule has 0 spiro atoms. The lowest BCUT2D eigenvalue weighted by molar-refractivity contribution is 0.0358. The fraction of sp³-hybridized carbons (Fsp3) is 0.533. The van der Waals surface area contributed by atoms with Crippen LogP contribution in [0.5, 0.6) is 0 Å². The highest BCUT2D eigenvalue weighted by Gasteiger charge is 2.31. The van der Waals surface area contributed by atoms with Gasteiger partial charge in [0.05, 0.1) is 18.2 Å². The standard InChI is InChI=1S/C15H20N4O2/c1-10-4-3-7-19(14(10)9-20)15(21)11-5-6-13-12(8-11)16-17-18(13)2/h5-6,8,10,14,20H,3-4,7,9H2,1-2H3. The first-order valence-corrected chi connectivity index (χ1v) is 7.33. The van der Waals surface area contributed by atoms with Gasteiger partial charge in [0, 0.05) is 19.2 Å². The van der Waals surface area contributed by atoms with E-state index in [1.807, 2.05) is 19.2 Å². The molecule has 0 bridgehead atoms. The van der Waals surface area contributed by atoms with Crippen molar-refractivity contribution in [1.82, 2.24) is 19.9 Å². The van der Waals surface area contributed by atoms with Gasteiger partial charge in [0.2, 0.25) is 0 Å². The fourth-order valence-electron chi connectivity index (χ4n) is 3.12. The Labute approximate surface area is 123 Å². The van der Waals surface area contributed by atoms with E-state index >= 15 is 0 Å². The van der Waals surface area contributed by atoms with Crippen LogP contribution in [-0.4, -0.2) is 50.1 Å². The Kier molecular flexibility index (Phi) is 3.63. The van der Waals surface area contributed by atoms with E-state index in [4.69, 9.17) is 0 Å². The van der Waals surface area contributed by atoms with Gasteiger partial charge >= 0.3 is 0 Å². The highest BCUT2D eigenvalue weighted by molar-refractivity contribution is 5.97. The number of amides is 1. The maximum atomic E-state index is 12.7. The molecule has 3 rings (SSSR count). The minimum absolute atomic E-state index is 0.0142. The molecule has 1 N–H and O–H groups in total. The maximum Gasteiger partial charge on any atom is 0.254 e. The number of hydrogen-bond donors (Lipinski definition) is 1. The van der Waals surface area contributed by atoms with E-state index in [-0.39, 0.29) is 18.6 Å². The molecular formula is C15H20N4O2. The van der Waals surface area contributed by atoms with Crippen molar-refractivity contribution < 1.29 is 9.90 Å². The van der Waals surface area contributed by atoms with Gasteiger partial charge in [-0.1, -0.05) is 12.1 Å². The van der Waals surface area contributed by atoms with Crippen LogP contribution in [0, 0.1) is 5.92 Å². The quantitative estimate of drug-likeness (QED) is 0.901. The Morgan fingerprint density at radius 1 is 1.48 bits per heavy atom. The van der Waals surface area contributed by atoms with E-state index in [0.29, 0.717) is 23.5 Å². The second-order valence-corrected chi connectivity index (χ2v) is 5.78. The summed E-state index contributed by atoms with van der Waals surface area (Å²) in [6, 6.07) is 5.35. The zero-order valence-electron chi connectivity index (χ0n) is 12.4. The number of aromatic nitrogens is 3. The molecule has 2 heterocycles. The van der Waals surface area contributed by atoms with Gasteiger partial charge in [-0.15, -0.1) is 5.10 Å². The summed E-state index contributed by atoms with van der Waals surface area (Å²) < 4.78 is 1.68. The van der Waals surface area contributed by atoms with Crippen LogP contribution in [-0.2, 0) is 7.05 Å². The molecule has 1 amide bonds. The van der Waals surface area contributed by atoms with E-state index in [2.05, 4.69) is 17.2 Å². The highest BCUT2D eigenvalue weighted by Crippen LogP contribution is 2.25. The minimum Gasteiger partial charge on any atom is -0.394 e. The van der Waals surface area contributed by atoms with Crippen molar-refractivity contribution in [2.45, 2.75) is 25.8 Å². The van der Waals surface area contributed by atoms with Crippen LogP contribution in [0.3, 0.4) is 0 Å². The average molecular weight is 288 g/mol. The highest BCUT2D eigenvalue weighted by atomic mass is 16.3. The van der Waals surface area contributed by atoms with Crippen LogP contribution in [0.2, 0.25) is 0 Å². The number of benzene rings is 1. The summed E-state index contributed by atoms with van der Waals surface area (Å²) in [6.45, 7) is 2.80. The zero-order chi connectivity index (χ0) is 15.0. The van der Waals surface area contributed by atoms with Crippen molar-refractivity contribution in [1.29, 1.82) is 0 Å². The molecule has 112 valence electrons. The lowest BCUT2D eigenvalue weighted by Gasteiger charge is -2.39. The molecule has 2 atom stereocenters. The summed E-state index contributed by atoms with van der Waals surface area (Å²) >= 11 is 0. The van der Waals surface area contributed by atoms with Gasteiger partial charge in [0.1, 0.15) is 5.52 Å².